The Kier molecular flexibility index (Phi) is 21.8. The van der Waals surface area contributed by atoms with Crippen LogP contribution in [-0.4, -0.2) is 31.0 Å². The summed E-state index contributed by atoms with van der Waals surface area (Å²) in [5.74, 6) is 0.511. The van der Waals surface area contributed by atoms with Crippen LogP contribution in [0, 0.1) is 10.8 Å². The van der Waals surface area contributed by atoms with Crippen molar-refractivity contribution >= 4 is 17.4 Å². The van der Waals surface area contributed by atoms with Gasteiger partial charge < -0.3 is 21.9 Å². The number of rotatable bonds is 17. The maximum atomic E-state index is 8.03. The molecule has 0 aliphatic carbocycles. The predicted octanol–water partition coefficient (Wildman–Crippen LogP) is 5.15. The fourth-order valence-electron chi connectivity index (χ4n) is 2.84. The number of guanidine groups is 1. The first-order chi connectivity index (χ1) is 12.1. The number of hydrogen-bond donors (Lipinski definition) is 4. The first-order valence-corrected chi connectivity index (χ1v) is 10.2. The summed E-state index contributed by atoms with van der Waals surface area (Å²) in [6.45, 7) is 3.12. The van der Waals surface area contributed by atoms with Crippen molar-refractivity contribution in [2.45, 2.75) is 96.8 Å². The second-order valence-electron chi connectivity index (χ2n) is 6.96. The fourth-order valence-corrected chi connectivity index (χ4v) is 2.84. The van der Waals surface area contributed by atoms with Gasteiger partial charge in [0.25, 0.3) is 0 Å². The molecule has 0 heterocycles. The van der Waals surface area contributed by atoms with Gasteiger partial charge in [-0.3, -0.25) is 4.99 Å². The van der Waals surface area contributed by atoms with Crippen LogP contribution in [0.25, 0.3) is 0 Å². The van der Waals surface area contributed by atoms with E-state index in [1.807, 2.05) is 0 Å². The molecule has 0 aromatic rings. The van der Waals surface area contributed by atoms with E-state index in [-0.39, 0.29) is 22.5 Å². The van der Waals surface area contributed by atoms with Crippen LogP contribution in [0.2, 0.25) is 0 Å². The Morgan fingerprint density at radius 1 is 0.846 bits per heavy atom. The SMILES string of the molecule is CCCCCCCCC(=N)CC(=N)CCCCCCCNC(N)=NC.[H+].[W]. The number of nitrogens with zero attached hydrogens (tertiary/aromatic N) is 1. The molecule has 0 bridgehead atoms. The molecule has 0 aliphatic heterocycles. The molecule has 26 heavy (non-hydrogen) atoms. The Morgan fingerprint density at radius 3 is 1.81 bits per heavy atom. The van der Waals surface area contributed by atoms with Crippen molar-refractivity contribution in [3.8, 4) is 0 Å². The summed E-state index contributed by atoms with van der Waals surface area (Å²) in [6, 6.07) is 0. The second-order valence-corrected chi connectivity index (χ2v) is 6.96. The molecule has 0 amide bonds. The summed E-state index contributed by atoms with van der Waals surface area (Å²) in [5, 5.41) is 19.1. The maximum absolute atomic E-state index is 8.03. The topological polar surface area (TPSA) is 98.1 Å². The molecule has 0 rings (SSSR count). The molecule has 0 radical (unpaired) electrons. The summed E-state index contributed by atoms with van der Waals surface area (Å²) in [4.78, 5) is 3.86. The summed E-state index contributed by atoms with van der Waals surface area (Å²) < 4.78 is 0. The minimum absolute atomic E-state index is 0. The van der Waals surface area contributed by atoms with Crippen LogP contribution in [0.1, 0.15) is 98.2 Å². The Balaban J connectivity index is -0.00000288. The van der Waals surface area contributed by atoms with Crippen LogP contribution in [0.3, 0.4) is 0 Å². The van der Waals surface area contributed by atoms with Gasteiger partial charge in [-0.1, -0.05) is 58.3 Å². The first kappa shape index (κ1) is 27.5. The number of nitrogens with two attached hydrogens (primary N) is 1. The normalized spacial score (nSPS) is 11.1. The van der Waals surface area contributed by atoms with Gasteiger partial charge in [0.15, 0.2) is 5.96 Å². The zero-order valence-corrected chi connectivity index (χ0v) is 20.0. The van der Waals surface area contributed by atoms with E-state index in [9.17, 15) is 0 Å². The summed E-state index contributed by atoms with van der Waals surface area (Å²) in [7, 11) is 1.69. The molecule has 0 saturated heterocycles. The standard InChI is InChI=1S/C20H41N5.W/c1-3-4-5-6-8-11-14-18(21)17-19(22)15-12-9-7-10-13-16-25-20(23)24-2;/h21-22H,3-17H2,1-2H3,(H3,23,24,25);/p+1. The van der Waals surface area contributed by atoms with Gasteiger partial charge in [0, 0.05) is 52.5 Å². The van der Waals surface area contributed by atoms with Gasteiger partial charge in [-0.2, -0.15) is 0 Å². The van der Waals surface area contributed by atoms with E-state index in [0.29, 0.717) is 12.4 Å². The summed E-state index contributed by atoms with van der Waals surface area (Å²) in [6.07, 6.45) is 15.7. The van der Waals surface area contributed by atoms with Gasteiger partial charge in [0.2, 0.25) is 0 Å². The van der Waals surface area contributed by atoms with E-state index >= 15 is 0 Å². The van der Waals surface area contributed by atoms with E-state index < -0.39 is 0 Å². The Labute approximate surface area is 177 Å². The smallest absolute Gasteiger partial charge is 0.370 e. The molecule has 0 aromatic carbocycles. The average Bonchev–Trinajstić information content (AvgIpc) is 2.59. The van der Waals surface area contributed by atoms with Crippen LogP contribution in [0.4, 0.5) is 0 Å². The molecule has 5 N–H and O–H groups in total. The minimum Gasteiger partial charge on any atom is -0.370 e. The van der Waals surface area contributed by atoms with Gasteiger partial charge in [-0.05, 0) is 32.1 Å². The molecule has 0 saturated carbocycles. The molecule has 0 atom stereocenters. The quantitative estimate of drug-likeness (QED) is 0.118. The third kappa shape index (κ3) is 19.6. The largest absolute Gasteiger partial charge is 1.00 e. The van der Waals surface area contributed by atoms with E-state index in [0.717, 1.165) is 50.1 Å². The zero-order chi connectivity index (χ0) is 18.8. The average molecular weight is 536 g/mol. The van der Waals surface area contributed by atoms with E-state index in [4.69, 9.17) is 16.6 Å². The third-order valence-corrected chi connectivity index (χ3v) is 4.46. The molecule has 0 fully saturated rings. The van der Waals surface area contributed by atoms with Gasteiger partial charge in [-0.25, -0.2) is 0 Å². The fraction of sp³-hybridized carbons (Fsp3) is 0.850. The molecule has 5 nitrogen and oxygen atoms in total. The summed E-state index contributed by atoms with van der Waals surface area (Å²) in [5.41, 5.74) is 7.06. The van der Waals surface area contributed by atoms with Crippen molar-refractivity contribution in [3.05, 3.63) is 0 Å². The third-order valence-electron chi connectivity index (χ3n) is 4.46. The first-order valence-electron chi connectivity index (χ1n) is 10.2. The molecule has 0 unspecified atom stereocenters. The zero-order valence-electron chi connectivity index (χ0n) is 18.0. The maximum Gasteiger partial charge on any atom is 1.00 e. The van der Waals surface area contributed by atoms with Crippen molar-refractivity contribution in [2.75, 3.05) is 13.6 Å². The number of aliphatic imine (C=N–C) groups is 1. The number of hydrogen-bond acceptors (Lipinski definition) is 3. The van der Waals surface area contributed by atoms with Crippen LogP contribution in [-0.2, 0) is 21.1 Å². The molecular weight excluding hydrogens is 494 g/mol. The monoisotopic (exact) mass is 536 g/mol. The van der Waals surface area contributed by atoms with Crippen molar-refractivity contribution in [1.29, 1.82) is 10.8 Å². The van der Waals surface area contributed by atoms with E-state index in [2.05, 4.69) is 17.2 Å². The van der Waals surface area contributed by atoms with Gasteiger partial charge in [0.05, 0.1) is 0 Å². The van der Waals surface area contributed by atoms with Crippen LogP contribution in [0.5, 0.6) is 0 Å². The van der Waals surface area contributed by atoms with Gasteiger partial charge >= 0.3 is 1.43 Å². The Hall–Kier alpha value is -0.702. The number of unbranched alkanes of at least 4 members (excludes halogenated alkanes) is 9. The molecule has 0 aromatic heterocycles. The van der Waals surface area contributed by atoms with Crippen molar-refractivity contribution in [1.82, 2.24) is 5.32 Å². The van der Waals surface area contributed by atoms with Crippen molar-refractivity contribution < 1.29 is 22.5 Å². The minimum atomic E-state index is 0. The van der Waals surface area contributed by atoms with Gasteiger partial charge in [-0.15, -0.1) is 0 Å². The molecule has 152 valence electrons. The Morgan fingerprint density at radius 2 is 1.31 bits per heavy atom. The van der Waals surface area contributed by atoms with E-state index in [1.54, 1.807) is 7.05 Å². The number of nitrogens with one attached hydrogen (secondary N) is 3. The van der Waals surface area contributed by atoms with Crippen LogP contribution in [0.15, 0.2) is 4.99 Å². The van der Waals surface area contributed by atoms with Crippen molar-refractivity contribution in [2.24, 2.45) is 10.7 Å². The van der Waals surface area contributed by atoms with Crippen LogP contribution >= 0.6 is 0 Å². The molecule has 6 heteroatoms. The Bertz CT molecular complexity index is 389. The molecular formula is C20H42N5W+. The van der Waals surface area contributed by atoms with Gasteiger partial charge in [0.1, 0.15) is 0 Å². The van der Waals surface area contributed by atoms with Crippen LogP contribution < -0.4 is 11.1 Å². The second kappa shape index (κ2) is 20.6. The molecule has 0 aliphatic rings. The predicted molar refractivity (Wildman–Crippen MR) is 112 cm³/mol. The van der Waals surface area contributed by atoms with E-state index in [1.165, 1.54) is 51.4 Å². The van der Waals surface area contributed by atoms with Crippen molar-refractivity contribution in [3.63, 3.8) is 0 Å². The molecule has 0 spiro atoms. The summed E-state index contributed by atoms with van der Waals surface area (Å²) >= 11 is 0.